The Morgan fingerprint density at radius 3 is 2.68 bits per heavy atom. The highest BCUT2D eigenvalue weighted by molar-refractivity contribution is 5.86. The predicted molar refractivity (Wildman–Crippen MR) is 70.6 cm³/mol. The summed E-state index contributed by atoms with van der Waals surface area (Å²) in [4.78, 5) is 14.9. The maximum Gasteiger partial charge on any atom is 0.354 e. The quantitative estimate of drug-likeness (QED) is 0.485. The number of phenolic OH excluding ortho intramolecular Hbond substituents is 1. The first-order valence-corrected chi connectivity index (χ1v) is 5.55. The molecule has 0 fully saturated rings. The van der Waals surface area contributed by atoms with Gasteiger partial charge in [-0.15, -0.1) is 0 Å². The number of hydrogen-bond donors (Lipinski definition) is 4. The Bertz CT molecular complexity index is 641. The van der Waals surface area contributed by atoms with Crippen molar-refractivity contribution in [3.8, 4) is 17.0 Å². The average Bonchev–Trinajstić information content (AvgIpc) is 2.41. The zero-order chi connectivity index (χ0) is 14.0. The van der Waals surface area contributed by atoms with Crippen molar-refractivity contribution in [1.82, 2.24) is 4.98 Å². The second kappa shape index (κ2) is 4.95. The van der Waals surface area contributed by atoms with E-state index in [1.54, 1.807) is 24.3 Å². The molecule has 6 N–H and O–H groups in total. The monoisotopic (exact) mass is 259 g/mol. The number of hydrogen-bond acceptors (Lipinski definition) is 5. The van der Waals surface area contributed by atoms with Gasteiger partial charge in [0.05, 0.1) is 11.4 Å². The molecule has 1 aromatic carbocycles. The Morgan fingerprint density at radius 1 is 1.32 bits per heavy atom. The summed E-state index contributed by atoms with van der Waals surface area (Å²) in [5.74, 6) is -1.27. The number of nitrogen functional groups attached to an aromatic ring is 1. The number of aromatic carboxylic acids is 1. The fraction of sp³-hybridized carbons (Fsp3) is 0.0769. The highest BCUT2D eigenvalue weighted by Crippen LogP contribution is 2.34. The van der Waals surface area contributed by atoms with Crippen molar-refractivity contribution in [2.24, 2.45) is 5.73 Å². The number of rotatable bonds is 3. The van der Waals surface area contributed by atoms with Crippen LogP contribution in [0.1, 0.15) is 16.1 Å². The van der Waals surface area contributed by atoms with Crippen LogP contribution in [0.25, 0.3) is 11.3 Å². The molecule has 6 heteroatoms. The van der Waals surface area contributed by atoms with Crippen LogP contribution in [0, 0.1) is 0 Å². The van der Waals surface area contributed by atoms with Gasteiger partial charge in [0.25, 0.3) is 0 Å². The standard InChI is InChI=1S/C13H13N3O3/c14-6-7-4-8(12(17)9(15)5-7)10-2-1-3-11(16-10)13(18)19/h1-5,17H,6,14-15H2,(H,18,19). The van der Waals surface area contributed by atoms with Crippen molar-refractivity contribution in [3.05, 3.63) is 41.6 Å². The molecule has 0 spiro atoms. The van der Waals surface area contributed by atoms with Gasteiger partial charge < -0.3 is 21.7 Å². The van der Waals surface area contributed by atoms with Gasteiger partial charge in [0.15, 0.2) is 0 Å². The lowest BCUT2D eigenvalue weighted by molar-refractivity contribution is 0.0690. The summed E-state index contributed by atoms with van der Waals surface area (Å²) in [6.07, 6.45) is 0. The summed E-state index contributed by atoms with van der Waals surface area (Å²) < 4.78 is 0. The number of nitrogens with zero attached hydrogens (tertiary/aromatic N) is 1. The van der Waals surface area contributed by atoms with E-state index in [2.05, 4.69) is 4.98 Å². The number of benzene rings is 1. The zero-order valence-corrected chi connectivity index (χ0v) is 10.00. The fourth-order valence-corrected chi connectivity index (χ4v) is 1.74. The molecule has 6 nitrogen and oxygen atoms in total. The lowest BCUT2D eigenvalue weighted by Crippen LogP contribution is -2.02. The molecule has 0 atom stereocenters. The summed E-state index contributed by atoms with van der Waals surface area (Å²) in [6.45, 7) is 0.260. The van der Waals surface area contributed by atoms with Gasteiger partial charge in [-0.2, -0.15) is 0 Å². The predicted octanol–water partition coefficient (Wildman–Crippen LogP) is 1.19. The summed E-state index contributed by atoms with van der Waals surface area (Å²) >= 11 is 0. The van der Waals surface area contributed by atoms with E-state index < -0.39 is 5.97 Å². The number of aromatic hydroxyl groups is 1. The number of carboxylic acids is 1. The normalized spacial score (nSPS) is 10.4. The second-order valence-electron chi connectivity index (χ2n) is 4.00. The van der Waals surface area contributed by atoms with Crippen LogP contribution < -0.4 is 11.5 Å². The molecule has 2 aromatic rings. The van der Waals surface area contributed by atoms with Crippen LogP contribution in [0.2, 0.25) is 0 Å². The van der Waals surface area contributed by atoms with Crippen molar-refractivity contribution in [3.63, 3.8) is 0 Å². The maximum atomic E-state index is 10.9. The molecule has 0 aliphatic rings. The molecule has 0 aliphatic heterocycles. The largest absolute Gasteiger partial charge is 0.505 e. The first-order chi connectivity index (χ1) is 9.02. The Morgan fingerprint density at radius 2 is 2.05 bits per heavy atom. The van der Waals surface area contributed by atoms with E-state index in [0.29, 0.717) is 11.3 Å². The third-order valence-electron chi connectivity index (χ3n) is 2.68. The fourth-order valence-electron chi connectivity index (χ4n) is 1.74. The lowest BCUT2D eigenvalue weighted by Gasteiger charge is -2.09. The van der Waals surface area contributed by atoms with Gasteiger partial charge in [0.2, 0.25) is 0 Å². The average molecular weight is 259 g/mol. The lowest BCUT2D eigenvalue weighted by atomic mass is 10.0. The first kappa shape index (κ1) is 12.8. The zero-order valence-electron chi connectivity index (χ0n) is 10.00. The van der Waals surface area contributed by atoms with Crippen LogP contribution in [0.5, 0.6) is 5.75 Å². The van der Waals surface area contributed by atoms with Crippen molar-refractivity contribution < 1.29 is 15.0 Å². The molecule has 0 amide bonds. The summed E-state index contributed by atoms with van der Waals surface area (Å²) in [5, 5.41) is 18.9. The van der Waals surface area contributed by atoms with Gasteiger partial charge in [-0.05, 0) is 29.8 Å². The Labute approximate surface area is 109 Å². The van der Waals surface area contributed by atoms with Gasteiger partial charge in [-0.25, -0.2) is 9.78 Å². The second-order valence-corrected chi connectivity index (χ2v) is 4.00. The number of carbonyl (C=O) groups is 1. The van der Waals surface area contributed by atoms with Crippen LogP contribution in [0.4, 0.5) is 5.69 Å². The van der Waals surface area contributed by atoms with Crippen molar-refractivity contribution in [2.45, 2.75) is 6.54 Å². The topological polar surface area (TPSA) is 122 Å². The molecule has 0 unspecified atom stereocenters. The molecule has 19 heavy (non-hydrogen) atoms. The van der Waals surface area contributed by atoms with Crippen LogP contribution in [-0.4, -0.2) is 21.2 Å². The number of aromatic nitrogens is 1. The molecule has 0 aliphatic carbocycles. The van der Waals surface area contributed by atoms with Gasteiger partial charge in [-0.3, -0.25) is 0 Å². The van der Waals surface area contributed by atoms with Gasteiger partial charge >= 0.3 is 5.97 Å². The van der Waals surface area contributed by atoms with E-state index in [0.717, 1.165) is 5.56 Å². The Hall–Kier alpha value is -2.60. The molecule has 1 aromatic heterocycles. The van der Waals surface area contributed by atoms with Crippen LogP contribution in [0.15, 0.2) is 30.3 Å². The van der Waals surface area contributed by atoms with Crippen molar-refractivity contribution in [2.75, 3.05) is 5.73 Å². The number of carboxylic acid groups (broad SMARTS) is 1. The molecular formula is C13H13N3O3. The first-order valence-electron chi connectivity index (χ1n) is 5.55. The SMILES string of the molecule is NCc1cc(N)c(O)c(-c2cccc(C(=O)O)n2)c1. The van der Waals surface area contributed by atoms with Crippen molar-refractivity contribution >= 4 is 11.7 Å². The van der Waals surface area contributed by atoms with E-state index >= 15 is 0 Å². The van der Waals surface area contributed by atoms with E-state index in [4.69, 9.17) is 16.6 Å². The van der Waals surface area contributed by atoms with Crippen LogP contribution in [-0.2, 0) is 6.54 Å². The number of anilines is 1. The van der Waals surface area contributed by atoms with Crippen molar-refractivity contribution in [1.29, 1.82) is 0 Å². The summed E-state index contributed by atoms with van der Waals surface area (Å²) in [6, 6.07) is 7.73. The highest BCUT2D eigenvalue weighted by atomic mass is 16.4. The minimum atomic E-state index is -1.13. The van der Waals surface area contributed by atoms with E-state index in [1.165, 1.54) is 6.07 Å². The van der Waals surface area contributed by atoms with E-state index in [1.807, 2.05) is 0 Å². The molecule has 1 heterocycles. The van der Waals surface area contributed by atoms with Gasteiger partial charge in [0.1, 0.15) is 11.4 Å². The van der Waals surface area contributed by atoms with E-state index in [9.17, 15) is 9.90 Å². The maximum absolute atomic E-state index is 10.9. The van der Waals surface area contributed by atoms with Gasteiger partial charge in [-0.1, -0.05) is 6.07 Å². The number of pyridine rings is 1. The summed E-state index contributed by atoms with van der Waals surface area (Å²) in [5.41, 5.74) is 12.7. The molecule has 0 bridgehead atoms. The molecule has 2 rings (SSSR count). The van der Waals surface area contributed by atoms with Gasteiger partial charge in [0, 0.05) is 12.1 Å². The third kappa shape index (κ3) is 2.48. The van der Waals surface area contributed by atoms with Crippen LogP contribution in [0.3, 0.4) is 0 Å². The molecular weight excluding hydrogens is 246 g/mol. The number of phenols is 1. The minimum Gasteiger partial charge on any atom is -0.505 e. The highest BCUT2D eigenvalue weighted by Gasteiger charge is 2.13. The smallest absolute Gasteiger partial charge is 0.354 e. The molecule has 0 saturated carbocycles. The Balaban J connectivity index is 2.61. The third-order valence-corrected chi connectivity index (χ3v) is 2.68. The van der Waals surface area contributed by atoms with E-state index in [-0.39, 0.29) is 23.7 Å². The minimum absolute atomic E-state index is 0.103. The number of nitrogens with two attached hydrogens (primary N) is 2. The molecule has 0 radical (unpaired) electrons. The Kier molecular flexibility index (Phi) is 3.35. The van der Waals surface area contributed by atoms with Crippen LogP contribution >= 0.6 is 0 Å². The summed E-state index contributed by atoms with van der Waals surface area (Å²) in [7, 11) is 0. The molecule has 0 saturated heterocycles. The molecule has 98 valence electrons.